The molecule has 1 aromatic carbocycles. The van der Waals surface area contributed by atoms with Crippen LogP contribution in [-0.2, 0) is 4.79 Å². The Morgan fingerprint density at radius 1 is 1.53 bits per heavy atom. The van der Waals surface area contributed by atoms with Gasteiger partial charge in [0.25, 0.3) is 0 Å². The fraction of sp³-hybridized carbons (Fsp3) is 0.0909. The summed E-state index contributed by atoms with van der Waals surface area (Å²) >= 11 is 0. The zero-order valence-corrected chi connectivity index (χ0v) is 7.66. The molecule has 0 saturated heterocycles. The third-order valence-corrected chi connectivity index (χ3v) is 1.59. The van der Waals surface area contributed by atoms with Crippen molar-refractivity contribution in [3.63, 3.8) is 0 Å². The van der Waals surface area contributed by atoms with Crippen LogP contribution in [0.1, 0.15) is 22.3 Å². The summed E-state index contributed by atoms with van der Waals surface area (Å²) in [6, 6.07) is 3.72. The lowest BCUT2D eigenvalue weighted by Crippen LogP contribution is -1.91. The largest absolute Gasteiger partial charge is 0.481 e. The Bertz CT molecular complexity index is 455. The summed E-state index contributed by atoms with van der Waals surface area (Å²) in [4.78, 5) is 20.5. The van der Waals surface area contributed by atoms with Crippen LogP contribution in [-0.4, -0.2) is 17.4 Å². The number of aldehydes is 1. The van der Waals surface area contributed by atoms with Crippen molar-refractivity contribution in [2.45, 2.75) is 6.42 Å². The van der Waals surface area contributed by atoms with Gasteiger partial charge in [-0.25, -0.2) is 4.39 Å². The maximum absolute atomic E-state index is 13.1. The minimum atomic E-state index is -1.07. The number of aliphatic carboxylic acids is 1. The molecule has 0 aliphatic rings. The molecule has 0 aliphatic heterocycles. The predicted molar refractivity (Wildman–Crippen MR) is 50.9 cm³/mol. The second-order valence-electron chi connectivity index (χ2n) is 2.73. The Balaban J connectivity index is 2.95. The molecular formula is C11H7FO3. The van der Waals surface area contributed by atoms with Crippen LogP contribution < -0.4 is 0 Å². The van der Waals surface area contributed by atoms with Gasteiger partial charge >= 0.3 is 5.97 Å². The minimum Gasteiger partial charge on any atom is -0.481 e. The molecule has 0 aliphatic carbocycles. The molecule has 0 fully saturated rings. The van der Waals surface area contributed by atoms with E-state index in [0.717, 1.165) is 6.07 Å². The Morgan fingerprint density at radius 2 is 2.27 bits per heavy atom. The lowest BCUT2D eigenvalue weighted by molar-refractivity contribution is -0.135. The first-order chi connectivity index (χ1) is 7.13. The molecule has 1 N–H and O–H groups in total. The minimum absolute atomic E-state index is 0.0286. The smallest absolute Gasteiger partial charge is 0.315 e. The number of hydrogen-bond acceptors (Lipinski definition) is 2. The Labute approximate surface area is 85.5 Å². The van der Waals surface area contributed by atoms with E-state index in [1.807, 2.05) is 0 Å². The molecule has 15 heavy (non-hydrogen) atoms. The van der Waals surface area contributed by atoms with Crippen LogP contribution in [0.2, 0.25) is 0 Å². The van der Waals surface area contributed by atoms with Gasteiger partial charge in [-0.2, -0.15) is 0 Å². The van der Waals surface area contributed by atoms with Gasteiger partial charge in [-0.05, 0) is 18.2 Å². The first kappa shape index (κ1) is 10.9. The molecule has 1 aromatic rings. The quantitative estimate of drug-likeness (QED) is 0.588. The molecule has 0 heterocycles. The van der Waals surface area contributed by atoms with E-state index in [9.17, 15) is 14.0 Å². The monoisotopic (exact) mass is 206 g/mol. The number of carboxylic acid groups (broad SMARTS) is 1. The summed E-state index contributed by atoms with van der Waals surface area (Å²) in [7, 11) is 0. The summed E-state index contributed by atoms with van der Waals surface area (Å²) in [5.74, 6) is 3.00. The SMILES string of the molecule is O=Cc1ccc(F)c(C#CCC(=O)O)c1. The topological polar surface area (TPSA) is 54.4 Å². The van der Waals surface area contributed by atoms with Crippen molar-refractivity contribution in [3.05, 3.63) is 35.1 Å². The van der Waals surface area contributed by atoms with Gasteiger partial charge in [0.1, 0.15) is 18.5 Å². The van der Waals surface area contributed by atoms with Gasteiger partial charge in [0.2, 0.25) is 0 Å². The average Bonchev–Trinajstić information content (AvgIpc) is 2.20. The third-order valence-electron chi connectivity index (χ3n) is 1.59. The van der Waals surface area contributed by atoms with Crippen molar-refractivity contribution in [1.29, 1.82) is 0 Å². The molecule has 0 spiro atoms. The lowest BCUT2D eigenvalue weighted by atomic mass is 10.1. The molecule has 0 radical (unpaired) electrons. The van der Waals surface area contributed by atoms with E-state index < -0.39 is 11.8 Å². The highest BCUT2D eigenvalue weighted by Crippen LogP contribution is 2.07. The van der Waals surface area contributed by atoms with E-state index in [1.54, 1.807) is 0 Å². The first-order valence-corrected chi connectivity index (χ1v) is 4.09. The van der Waals surface area contributed by atoms with Crippen LogP contribution in [0.3, 0.4) is 0 Å². The fourth-order valence-electron chi connectivity index (χ4n) is 0.927. The predicted octanol–water partition coefficient (Wildman–Crippen LogP) is 1.46. The Kier molecular flexibility index (Phi) is 3.58. The first-order valence-electron chi connectivity index (χ1n) is 4.09. The molecule has 0 saturated carbocycles. The summed E-state index contributed by atoms with van der Waals surface area (Å²) in [6.07, 6.45) is 0.215. The van der Waals surface area contributed by atoms with Crippen molar-refractivity contribution in [3.8, 4) is 11.8 Å². The van der Waals surface area contributed by atoms with Crippen LogP contribution in [0.25, 0.3) is 0 Å². The van der Waals surface area contributed by atoms with Gasteiger partial charge in [-0.15, -0.1) is 0 Å². The van der Waals surface area contributed by atoms with Gasteiger partial charge in [-0.3, -0.25) is 9.59 Å². The van der Waals surface area contributed by atoms with Crippen LogP contribution in [0, 0.1) is 17.7 Å². The fourth-order valence-corrected chi connectivity index (χ4v) is 0.927. The maximum Gasteiger partial charge on any atom is 0.315 e. The number of carbonyl (C=O) groups is 2. The molecule has 3 nitrogen and oxygen atoms in total. The second-order valence-corrected chi connectivity index (χ2v) is 2.73. The van der Waals surface area contributed by atoms with Crippen molar-refractivity contribution in [1.82, 2.24) is 0 Å². The molecule has 0 aromatic heterocycles. The van der Waals surface area contributed by atoms with E-state index in [4.69, 9.17) is 5.11 Å². The third kappa shape index (κ3) is 3.24. The number of benzene rings is 1. The van der Waals surface area contributed by atoms with Crippen molar-refractivity contribution < 1.29 is 19.1 Å². The number of hydrogen-bond donors (Lipinski definition) is 1. The summed E-state index contributed by atoms with van der Waals surface area (Å²) in [5.41, 5.74) is 0.330. The molecule has 0 atom stereocenters. The van der Waals surface area contributed by atoms with Gasteiger partial charge in [0.05, 0.1) is 5.56 Å². The Morgan fingerprint density at radius 3 is 2.87 bits per heavy atom. The van der Waals surface area contributed by atoms with E-state index in [-0.39, 0.29) is 12.0 Å². The van der Waals surface area contributed by atoms with Gasteiger partial charge in [0.15, 0.2) is 0 Å². The standard InChI is InChI=1S/C11H7FO3/c12-10-5-4-8(7-13)6-9(10)2-1-3-11(14)15/h4-7H,3H2,(H,14,15). The van der Waals surface area contributed by atoms with Crippen LogP contribution in [0.5, 0.6) is 0 Å². The van der Waals surface area contributed by atoms with E-state index >= 15 is 0 Å². The molecule has 1 rings (SSSR count). The second kappa shape index (κ2) is 4.91. The molecule has 0 bridgehead atoms. The summed E-state index contributed by atoms with van der Waals surface area (Å²) in [5, 5.41) is 8.31. The van der Waals surface area contributed by atoms with E-state index in [1.165, 1.54) is 12.1 Å². The van der Waals surface area contributed by atoms with Gasteiger partial charge < -0.3 is 5.11 Å². The van der Waals surface area contributed by atoms with Crippen molar-refractivity contribution in [2.24, 2.45) is 0 Å². The van der Waals surface area contributed by atoms with Crippen molar-refractivity contribution in [2.75, 3.05) is 0 Å². The normalized spacial score (nSPS) is 8.87. The highest BCUT2D eigenvalue weighted by atomic mass is 19.1. The van der Waals surface area contributed by atoms with Crippen molar-refractivity contribution >= 4 is 12.3 Å². The highest BCUT2D eigenvalue weighted by molar-refractivity contribution is 5.75. The zero-order chi connectivity index (χ0) is 11.3. The number of carbonyl (C=O) groups excluding carboxylic acids is 1. The van der Waals surface area contributed by atoms with Gasteiger partial charge in [-0.1, -0.05) is 11.8 Å². The zero-order valence-electron chi connectivity index (χ0n) is 7.66. The molecular weight excluding hydrogens is 199 g/mol. The molecule has 0 unspecified atom stereocenters. The number of halogens is 1. The van der Waals surface area contributed by atoms with Crippen LogP contribution in [0.15, 0.2) is 18.2 Å². The summed E-state index contributed by atoms with van der Waals surface area (Å²) < 4.78 is 13.1. The molecule has 4 heteroatoms. The number of rotatable bonds is 2. The highest BCUT2D eigenvalue weighted by Gasteiger charge is 2.00. The summed E-state index contributed by atoms with van der Waals surface area (Å²) in [6.45, 7) is 0. The lowest BCUT2D eigenvalue weighted by Gasteiger charge is -1.94. The average molecular weight is 206 g/mol. The van der Waals surface area contributed by atoms with Crippen LogP contribution in [0.4, 0.5) is 4.39 Å². The maximum atomic E-state index is 13.1. The number of carboxylic acids is 1. The Hall–Kier alpha value is -2.15. The molecule has 76 valence electrons. The van der Waals surface area contributed by atoms with Crippen LogP contribution >= 0.6 is 0 Å². The van der Waals surface area contributed by atoms with Gasteiger partial charge in [0, 0.05) is 5.56 Å². The van der Waals surface area contributed by atoms with E-state index in [0.29, 0.717) is 11.8 Å². The molecule has 0 amide bonds. The van der Waals surface area contributed by atoms with E-state index in [2.05, 4.69) is 11.8 Å².